The summed E-state index contributed by atoms with van der Waals surface area (Å²) >= 11 is 4.89. The number of likely N-dealkylation sites (N-methyl/N-ethyl adjacent to an activating group) is 1. The molecule has 106 valence electrons. The number of methoxy groups -OCH3 is 1. The molecule has 1 aromatic heterocycles. The van der Waals surface area contributed by atoms with Gasteiger partial charge in [0.1, 0.15) is 0 Å². The zero-order valence-electron chi connectivity index (χ0n) is 11.5. The summed E-state index contributed by atoms with van der Waals surface area (Å²) in [4.78, 5) is 14.2. The molecule has 1 aromatic rings. The maximum atomic E-state index is 11.9. The van der Waals surface area contributed by atoms with Crippen LogP contribution in [0.25, 0.3) is 0 Å². The van der Waals surface area contributed by atoms with E-state index in [-0.39, 0.29) is 11.5 Å². The van der Waals surface area contributed by atoms with E-state index in [4.69, 9.17) is 22.7 Å². The van der Waals surface area contributed by atoms with Crippen molar-refractivity contribution in [3.8, 4) is 0 Å². The van der Waals surface area contributed by atoms with Crippen LogP contribution in [0.3, 0.4) is 0 Å². The lowest BCUT2D eigenvalue weighted by molar-refractivity contribution is 0.206. The molecule has 2 N–H and O–H groups in total. The highest BCUT2D eigenvalue weighted by Crippen LogP contribution is 2.07. The fourth-order valence-corrected chi connectivity index (χ4v) is 1.55. The molecule has 0 aliphatic carbocycles. The highest BCUT2D eigenvalue weighted by molar-refractivity contribution is 7.80. The Labute approximate surface area is 118 Å². The SMILES string of the molecule is COCCN(C)c1cnn(CC(C)C(N)=S)c(=O)c1. The summed E-state index contributed by atoms with van der Waals surface area (Å²) in [5, 5.41) is 4.14. The zero-order valence-corrected chi connectivity index (χ0v) is 12.3. The number of ether oxygens (including phenoxy) is 1. The quantitative estimate of drug-likeness (QED) is 0.724. The van der Waals surface area contributed by atoms with Gasteiger partial charge in [-0.1, -0.05) is 19.1 Å². The van der Waals surface area contributed by atoms with Gasteiger partial charge in [-0.15, -0.1) is 0 Å². The maximum absolute atomic E-state index is 11.9. The summed E-state index contributed by atoms with van der Waals surface area (Å²) in [5.74, 6) is -0.0581. The van der Waals surface area contributed by atoms with Crippen LogP contribution < -0.4 is 16.2 Å². The van der Waals surface area contributed by atoms with Gasteiger partial charge in [0, 0.05) is 32.7 Å². The minimum atomic E-state index is -0.162. The fraction of sp³-hybridized carbons (Fsp3) is 0.583. The van der Waals surface area contributed by atoms with E-state index in [1.54, 1.807) is 19.4 Å². The third-order valence-corrected chi connectivity index (χ3v) is 3.26. The van der Waals surface area contributed by atoms with Crippen LogP contribution in [-0.2, 0) is 11.3 Å². The molecule has 0 radical (unpaired) electrons. The summed E-state index contributed by atoms with van der Waals surface area (Å²) in [6.45, 7) is 3.56. The standard InChI is InChI=1S/C12H20N4O2S/c1-9(12(13)19)8-16-11(17)6-10(7-14-16)15(2)4-5-18-3/h6-7,9H,4-5,8H2,1-3H3,(H2,13,19). The summed E-state index contributed by atoms with van der Waals surface area (Å²) < 4.78 is 6.37. The van der Waals surface area contributed by atoms with Gasteiger partial charge in [0.25, 0.3) is 5.56 Å². The number of nitrogens with zero attached hydrogens (tertiary/aromatic N) is 3. The van der Waals surface area contributed by atoms with Crippen LogP contribution in [0.15, 0.2) is 17.1 Å². The van der Waals surface area contributed by atoms with Gasteiger partial charge in [0.05, 0.1) is 30.0 Å². The molecule has 7 heteroatoms. The molecule has 0 bridgehead atoms. The third kappa shape index (κ3) is 4.60. The first kappa shape index (κ1) is 15.6. The molecule has 0 amide bonds. The summed E-state index contributed by atoms with van der Waals surface area (Å²) in [7, 11) is 3.53. The minimum absolute atomic E-state index is 0.0581. The molecule has 6 nitrogen and oxygen atoms in total. The van der Waals surface area contributed by atoms with Gasteiger partial charge in [-0.3, -0.25) is 4.79 Å². The number of hydrogen-bond acceptors (Lipinski definition) is 5. The Balaban J connectivity index is 2.80. The van der Waals surface area contributed by atoms with E-state index < -0.39 is 0 Å². The average molecular weight is 284 g/mol. The molecule has 0 aliphatic heterocycles. The van der Waals surface area contributed by atoms with E-state index in [1.807, 2.05) is 18.9 Å². The van der Waals surface area contributed by atoms with Crippen LogP contribution in [0.4, 0.5) is 5.69 Å². The number of anilines is 1. The van der Waals surface area contributed by atoms with Crippen LogP contribution in [-0.4, -0.2) is 42.1 Å². The topological polar surface area (TPSA) is 73.4 Å². The van der Waals surface area contributed by atoms with Crippen molar-refractivity contribution in [2.24, 2.45) is 11.7 Å². The van der Waals surface area contributed by atoms with E-state index in [2.05, 4.69) is 5.10 Å². The normalized spacial score (nSPS) is 12.2. The smallest absolute Gasteiger partial charge is 0.268 e. The number of rotatable bonds is 7. The Kier molecular flexibility index (Phi) is 5.91. The van der Waals surface area contributed by atoms with Gasteiger partial charge < -0.3 is 15.4 Å². The van der Waals surface area contributed by atoms with Crippen molar-refractivity contribution < 1.29 is 4.74 Å². The van der Waals surface area contributed by atoms with E-state index in [0.717, 1.165) is 5.69 Å². The predicted octanol–water partition coefficient (Wildman–Crippen LogP) is 0.248. The summed E-state index contributed by atoms with van der Waals surface area (Å²) in [6.07, 6.45) is 1.66. The first-order valence-electron chi connectivity index (χ1n) is 6.02. The second-order valence-electron chi connectivity index (χ2n) is 4.45. The molecular weight excluding hydrogens is 264 g/mol. The lowest BCUT2D eigenvalue weighted by Gasteiger charge is -2.18. The Morgan fingerprint density at radius 2 is 2.37 bits per heavy atom. The molecule has 0 aromatic carbocycles. The van der Waals surface area contributed by atoms with Crippen molar-refractivity contribution in [2.75, 3.05) is 32.2 Å². The average Bonchev–Trinajstić information content (AvgIpc) is 2.37. The Morgan fingerprint density at radius 3 is 2.89 bits per heavy atom. The largest absolute Gasteiger partial charge is 0.393 e. The lowest BCUT2D eigenvalue weighted by atomic mass is 10.2. The van der Waals surface area contributed by atoms with E-state index in [1.165, 1.54) is 4.68 Å². The molecule has 1 heterocycles. The number of aromatic nitrogens is 2. The van der Waals surface area contributed by atoms with Gasteiger partial charge >= 0.3 is 0 Å². The molecule has 1 rings (SSSR count). The summed E-state index contributed by atoms with van der Waals surface area (Å²) in [6, 6.07) is 1.55. The first-order chi connectivity index (χ1) is 8.95. The molecule has 0 aliphatic rings. The van der Waals surface area contributed by atoms with Crippen molar-refractivity contribution in [1.82, 2.24) is 9.78 Å². The molecule has 1 unspecified atom stereocenters. The lowest BCUT2D eigenvalue weighted by Crippen LogP contribution is -2.31. The highest BCUT2D eigenvalue weighted by Gasteiger charge is 2.09. The third-order valence-electron chi connectivity index (χ3n) is 2.86. The van der Waals surface area contributed by atoms with Crippen molar-refractivity contribution >= 4 is 22.9 Å². The van der Waals surface area contributed by atoms with Crippen molar-refractivity contribution in [2.45, 2.75) is 13.5 Å². The van der Waals surface area contributed by atoms with Gasteiger partial charge in [-0.25, -0.2) is 4.68 Å². The van der Waals surface area contributed by atoms with Crippen LogP contribution in [0.5, 0.6) is 0 Å². The molecule has 19 heavy (non-hydrogen) atoms. The van der Waals surface area contributed by atoms with Gasteiger partial charge in [0.2, 0.25) is 0 Å². The van der Waals surface area contributed by atoms with E-state index in [9.17, 15) is 4.79 Å². The zero-order chi connectivity index (χ0) is 14.4. The van der Waals surface area contributed by atoms with Crippen LogP contribution in [0.1, 0.15) is 6.92 Å². The maximum Gasteiger partial charge on any atom is 0.268 e. The van der Waals surface area contributed by atoms with Crippen LogP contribution in [0.2, 0.25) is 0 Å². The number of thiocarbonyl (C=S) groups is 1. The van der Waals surface area contributed by atoms with Crippen molar-refractivity contribution in [3.63, 3.8) is 0 Å². The van der Waals surface area contributed by atoms with E-state index in [0.29, 0.717) is 24.7 Å². The van der Waals surface area contributed by atoms with E-state index >= 15 is 0 Å². The highest BCUT2D eigenvalue weighted by atomic mass is 32.1. The van der Waals surface area contributed by atoms with Gasteiger partial charge in [-0.05, 0) is 0 Å². The monoisotopic (exact) mass is 284 g/mol. The Hall–Kier alpha value is -1.47. The molecule has 0 saturated carbocycles. The minimum Gasteiger partial charge on any atom is -0.393 e. The van der Waals surface area contributed by atoms with Crippen LogP contribution in [0, 0.1) is 5.92 Å². The second kappa shape index (κ2) is 7.20. The molecule has 1 atom stereocenters. The van der Waals surface area contributed by atoms with Gasteiger partial charge in [-0.2, -0.15) is 5.10 Å². The summed E-state index contributed by atoms with van der Waals surface area (Å²) in [5.41, 5.74) is 6.14. The molecule has 0 spiro atoms. The Bertz CT molecular complexity index is 489. The molecule has 0 saturated heterocycles. The fourth-order valence-electron chi connectivity index (χ4n) is 1.48. The van der Waals surface area contributed by atoms with Crippen molar-refractivity contribution in [1.29, 1.82) is 0 Å². The van der Waals surface area contributed by atoms with Crippen LogP contribution >= 0.6 is 12.2 Å². The number of nitrogens with two attached hydrogens (primary N) is 1. The van der Waals surface area contributed by atoms with Crippen molar-refractivity contribution in [3.05, 3.63) is 22.6 Å². The molecule has 0 fully saturated rings. The number of hydrogen-bond donors (Lipinski definition) is 1. The van der Waals surface area contributed by atoms with Gasteiger partial charge in [0.15, 0.2) is 0 Å². The second-order valence-corrected chi connectivity index (χ2v) is 4.92. The Morgan fingerprint density at radius 1 is 1.68 bits per heavy atom. The molecular formula is C12H20N4O2S. The predicted molar refractivity (Wildman–Crippen MR) is 79.6 cm³/mol. The first-order valence-corrected chi connectivity index (χ1v) is 6.43.